The van der Waals surface area contributed by atoms with E-state index in [9.17, 15) is 9.59 Å². The lowest BCUT2D eigenvalue weighted by atomic mass is 10.1. The molecule has 1 aromatic rings. The molecule has 0 aliphatic heterocycles. The molecule has 1 rings (SSSR count). The molecular weight excluding hydrogens is 216 g/mol. The second-order valence-electron chi connectivity index (χ2n) is 3.70. The molecule has 0 bridgehead atoms. The molecule has 0 unspecified atom stereocenters. The molecule has 1 aromatic carbocycles. The third kappa shape index (κ3) is 3.45. The second kappa shape index (κ2) is 5.84. The molecule has 0 saturated carbocycles. The molecule has 0 aliphatic rings. The maximum atomic E-state index is 11.5. The molecule has 0 saturated heterocycles. The lowest BCUT2D eigenvalue weighted by Gasteiger charge is -2.09. The van der Waals surface area contributed by atoms with Gasteiger partial charge < -0.3 is 10.6 Å². The highest BCUT2D eigenvalue weighted by Gasteiger charge is 2.13. The van der Waals surface area contributed by atoms with Gasteiger partial charge in [0.25, 0.3) is 0 Å². The van der Waals surface area contributed by atoms with E-state index < -0.39 is 11.8 Å². The van der Waals surface area contributed by atoms with Gasteiger partial charge in [0.2, 0.25) is 0 Å². The normalized spacial score (nSPS) is 9.53. The number of rotatable bonds is 3. The van der Waals surface area contributed by atoms with Crippen LogP contribution < -0.4 is 10.6 Å². The van der Waals surface area contributed by atoms with Crippen LogP contribution in [0.3, 0.4) is 0 Å². The minimum Gasteiger partial charge on any atom is -0.344 e. The first-order valence-electron chi connectivity index (χ1n) is 5.32. The fourth-order valence-electron chi connectivity index (χ4n) is 1.31. The first kappa shape index (κ1) is 13.0. The first-order chi connectivity index (χ1) is 8.06. The smallest absolute Gasteiger partial charge is 0.313 e. The van der Waals surface area contributed by atoms with Crippen molar-refractivity contribution in [2.75, 3.05) is 11.9 Å². The number of hydrogen-bond donors (Lipinski definition) is 2. The van der Waals surface area contributed by atoms with Crippen molar-refractivity contribution in [3.8, 4) is 0 Å². The monoisotopic (exact) mass is 232 g/mol. The third-order valence-electron chi connectivity index (χ3n) is 2.47. The van der Waals surface area contributed by atoms with Gasteiger partial charge >= 0.3 is 11.8 Å². The Morgan fingerprint density at radius 2 is 2.00 bits per heavy atom. The average Bonchev–Trinajstić information content (AvgIpc) is 2.31. The van der Waals surface area contributed by atoms with Crippen molar-refractivity contribution in [2.24, 2.45) is 0 Å². The SMILES string of the molecule is C=CCNC(=O)C(=O)Nc1cccc(C)c1C. The minimum atomic E-state index is -0.666. The van der Waals surface area contributed by atoms with E-state index in [1.54, 1.807) is 6.07 Å². The lowest BCUT2D eigenvalue weighted by Crippen LogP contribution is -2.35. The van der Waals surface area contributed by atoms with Crippen LogP contribution >= 0.6 is 0 Å². The van der Waals surface area contributed by atoms with Crippen LogP contribution in [-0.4, -0.2) is 18.4 Å². The molecule has 4 nitrogen and oxygen atoms in total. The molecule has 0 heterocycles. The minimum absolute atomic E-state index is 0.277. The van der Waals surface area contributed by atoms with Gasteiger partial charge in [0.15, 0.2) is 0 Å². The van der Waals surface area contributed by atoms with Gasteiger partial charge in [-0.25, -0.2) is 0 Å². The highest BCUT2D eigenvalue weighted by atomic mass is 16.2. The molecule has 0 aliphatic carbocycles. The molecule has 0 fully saturated rings. The molecule has 4 heteroatoms. The number of anilines is 1. The van der Waals surface area contributed by atoms with Gasteiger partial charge in [-0.2, -0.15) is 0 Å². The number of carbonyl (C=O) groups excluding carboxylic acids is 2. The van der Waals surface area contributed by atoms with Crippen LogP contribution in [0.1, 0.15) is 11.1 Å². The van der Waals surface area contributed by atoms with Crippen LogP contribution in [0.2, 0.25) is 0 Å². The third-order valence-corrected chi connectivity index (χ3v) is 2.47. The summed E-state index contributed by atoms with van der Waals surface area (Å²) in [6, 6.07) is 5.55. The first-order valence-corrected chi connectivity index (χ1v) is 5.32. The lowest BCUT2D eigenvalue weighted by molar-refractivity contribution is -0.136. The Morgan fingerprint density at radius 3 is 2.65 bits per heavy atom. The maximum absolute atomic E-state index is 11.5. The van der Waals surface area contributed by atoms with Crippen molar-refractivity contribution in [3.63, 3.8) is 0 Å². The van der Waals surface area contributed by atoms with Crippen LogP contribution in [0, 0.1) is 13.8 Å². The van der Waals surface area contributed by atoms with Crippen LogP contribution in [0.25, 0.3) is 0 Å². The number of aryl methyl sites for hydroxylation is 1. The van der Waals surface area contributed by atoms with Gasteiger partial charge in [-0.3, -0.25) is 9.59 Å². The molecular formula is C13H16N2O2. The Morgan fingerprint density at radius 1 is 1.29 bits per heavy atom. The largest absolute Gasteiger partial charge is 0.344 e. The molecule has 0 spiro atoms. The van der Waals surface area contributed by atoms with Crippen molar-refractivity contribution in [1.82, 2.24) is 5.32 Å². The number of hydrogen-bond acceptors (Lipinski definition) is 2. The summed E-state index contributed by atoms with van der Waals surface area (Å²) in [5, 5.41) is 4.99. The standard InChI is InChI=1S/C13H16N2O2/c1-4-8-14-12(16)13(17)15-11-7-5-6-9(2)10(11)3/h4-7H,1,8H2,2-3H3,(H,14,16)(H,15,17). The highest BCUT2D eigenvalue weighted by Crippen LogP contribution is 2.17. The zero-order chi connectivity index (χ0) is 12.8. The van der Waals surface area contributed by atoms with E-state index in [0.717, 1.165) is 11.1 Å². The molecule has 2 amide bonds. The highest BCUT2D eigenvalue weighted by molar-refractivity contribution is 6.39. The van der Waals surface area contributed by atoms with Crippen molar-refractivity contribution in [3.05, 3.63) is 42.0 Å². The summed E-state index contributed by atoms with van der Waals surface area (Å²) in [5.74, 6) is -1.33. The summed E-state index contributed by atoms with van der Waals surface area (Å²) in [4.78, 5) is 22.9. The van der Waals surface area contributed by atoms with E-state index in [-0.39, 0.29) is 6.54 Å². The van der Waals surface area contributed by atoms with Crippen molar-refractivity contribution in [1.29, 1.82) is 0 Å². The summed E-state index contributed by atoms with van der Waals surface area (Å²) in [6.45, 7) is 7.57. The number of benzene rings is 1. The maximum Gasteiger partial charge on any atom is 0.313 e. The van der Waals surface area contributed by atoms with Crippen LogP contribution in [0.4, 0.5) is 5.69 Å². The van der Waals surface area contributed by atoms with Gasteiger partial charge in [-0.15, -0.1) is 6.58 Å². The van der Waals surface area contributed by atoms with Crippen LogP contribution in [-0.2, 0) is 9.59 Å². The average molecular weight is 232 g/mol. The molecule has 0 aromatic heterocycles. The predicted octanol–water partition coefficient (Wildman–Crippen LogP) is 1.54. The van der Waals surface area contributed by atoms with E-state index in [0.29, 0.717) is 5.69 Å². The van der Waals surface area contributed by atoms with Gasteiger partial charge in [0.1, 0.15) is 0 Å². The predicted molar refractivity (Wildman–Crippen MR) is 67.8 cm³/mol. The topological polar surface area (TPSA) is 58.2 Å². The van der Waals surface area contributed by atoms with Crippen LogP contribution in [0.15, 0.2) is 30.9 Å². The second-order valence-corrected chi connectivity index (χ2v) is 3.70. The van der Waals surface area contributed by atoms with Crippen LogP contribution in [0.5, 0.6) is 0 Å². The molecule has 0 radical (unpaired) electrons. The van der Waals surface area contributed by atoms with E-state index in [1.807, 2.05) is 26.0 Å². The molecule has 0 atom stereocenters. The van der Waals surface area contributed by atoms with Crippen molar-refractivity contribution in [2.45, 2.75) is 13.8 Å². The number of carbonyl (C=O) groups is 2. The Bertz CT molecular complexity index is 453. The summed E-state index contributed by atoms with van der Waals surface area (Å²) in [5.41, 5.74) is 2.68. The van der Waals surface area contributed by atoms with E-state index in [2.05, 4.69) is 17.2 Å². The van der Waals surface area contributed by atoms with Gasteiger partial charge in [0.05, 0.1) is 0 Å². The summed E-state index contributed by atoms with van der Waals surface area (Å²) < 4.78 is 0. The molecule has 90 valence electrons. The summed E-state index contributed by atoms with van der Waals surface area (Å²) in [7, 11) is 0. The van der Waals surface area contributed by atoms with Gasteiger partial charge in [-0.1, -0.05) is 18.2 Å². The van der Waals surface area contributed by atoms with Crippen molar-refractivity contribution < 1.29 is 9.59 Å². The van der Waals surface area contributed by atoms with Crippen molar-refractivity contribution >= 4 is 17.5 Å². The Labute approximate surface area is 101 Å². The van der Waals surface area contributed by atoms with E-state index >= 15 is 0 Å². The van der Waals surface area contributed by atoms with E-state index in [1.165, 1.54) is 6.08 Å². The quantitative estimate of drug-likeness (QED) is 0.613. The van der Waals surface area contributed by atoms with Gasteiger partial charge in [-0.05, 0) is 31.0 Å². The Hall–Kier alpha value is -2.10. The Kier molecular flexibility index (Phi) is 4.46. The zero-order valence-electron chi connectivity index (χ0n) is 10.0. The van der Waals surface area contributed by atoms with Gasteiger partial charge in [0, 0.05) is 12.2 Å². The fourth-order valence-corrected chi connectivity index (χ4v) is 1.31. The number of amides is 2. The fraction of sp³-hybridized carbons (Fsp3) is 0.231. The Balaban J connectivity index is 2.71. The number of nitrogens with one attached hydrogen (secondary N) is 2. The summed E-state index contributed by atoms with van der Waals surface area (Å²) >= 11 is 0. The molecule has 2 N–H and O–H groups in total. The summed E-state index contributed by atoms with van der Waals surface area (Å²) in [6.07, 6.45) is 1.52. The zero-order valence-corrected chi connectivity index (χ0v) is 10.0. The molecule has 17 heavy (non-hydrogen) atoms. The van der Waals surface area contributed by atoms with E-state index in [4.69, 9.17) is 0 Å².